The fourth-order valence-electron chi connectivity index (χ4n) is 3.06. The van der Waals surface area contributed by atoms with Gasteiger partial charge in [0.25, 0.3) is 0 Å². The molecule has 3 rings (SSSR count). The molecule has 3 aromatic rings. The van der Waals surface area contributed by atoms with Gasteiger partial charge in [0, 0.05) is 16.0 Å². The number of nitrogens with zero attached hydrogens (tertiary/aromatic N) is 1. The molecule has 1 heterocycles. The second kappa shape index (κ2) is 8.43. The van der Waals surface area contributed by atoms with Crippen molar-refractivity contribution < 1.29 is 5.11 Å². The molecule has 0 saturated heterocycles. The molecule has 0 saturated carbocycles. The molecule has 0 fully saturated rings. The molecule has 1 atom stereocenters. The van der Waals surface area contributed by atoms with Gasteiger partial charge in [-0.1, -0.05) is 54.8 Å². The lowest BCUT2D eigenvalue weighted by molar-refractivity contribution is 0.165. The molecule has 0 amide bonds. The van der Waals surface area contributed by atoms with Crippen molar-refractivity contribution in [2.45, 2.75) is 31.8 Å². The zero-order valence-corrected chi connectivity index (χ0v) is 14.9. The number of aliphatic hydroxyl groups is 1. The maximum atomic E-state index is 10.8. The van der Waals surface area contributed by atoms with Crippen LogP contribution in [0.2, 0.25) is 5.02 Å². The minimum absolute atomic E-state index is 0.503. The summed E-state index contributed by atoms with van der Waals surface area (Å²) in [6, 6.07) is 17.6. The molecular formula is C21H23ClN2O. The Kier molecular flexibility index (Phi) is 6.03. The number of aliphatic hydroxyl groups excluding tert-OH is 1. The van der Waals surface area contributed by atoms with Crippen molar-refractivity contribution in [3.8, 4) is 11.3 Å². The van der Waals surface area contributed by atoms with Gasteiger partial charge in [0.2, 0.25) is 0 Å². The Balaban J connectivity index is 1.96. The molecule has 25 heavy (non-hydrogen) atoms. The molecule has 3 N–H and O–H groups in total. The Labute approximate surface area is 153 Å². The number of hydrogen-bond donors (Lipinski definition) is 2. The van der Waals surface area contributed by atoms with Crippen molar-refractivity contribution in [2.24, 2.45) is 5.73 Å². The second-order valence-corrected chi connectivity index (χ2v) is 6.71. The summed E-state index contributed by atoms with van der Waals surface area (Å²) < 4.78 is 0. The second-order valence-electron chi connectivity index (χ2n) is 6.27. The van der Waals surface area contributed by atoms with Crippen LogP contribution in [0.1, 0.15) is 37.4 Å². The van der Waals surface area contributed by atoms with E-state index in [0.717, 1.165) is 53.4 Å². The Morgan fingerprint density at radius 2 is 1.76 bits per heavy atom. The van der Waals surface area contributed by atoms with Gasteiger partial charge in [-0.05, 0) is 49.2 Å². The number of nitrogens with two attached hydrogens (primary N) is 1. The monoisotopic (exact) mass is 354 g/mol. The summed E-state index contributed by atoms with van der Waals surface area (Å²) in [6.07, 6.45) is 3.23. The van der Waals surface area contributed by atoms with Crippen LogP contribution in [0, 0.1) is 0 Å². The van der Waals surface area contributed by atoms with Crippen LogP contribution in [-0.4, -0.2) is 16.6 Å². The van der Waals surface area contributed by atoms with Gasteiger partial charge in [0.15, 0.2) is 0 Å². The number of pyridine rings is 1. The van der Waals surface area contributed by atoms with Crippen molar-refractivity contribution in [2.75, 3.05) is 6.54 Å². The molecule has 0 aliphatic carbocycles. The molecule has 0 aliphatic heterocycles. The van der Waals surface area contributed by atoms with E-state index in [1.165, 1.54) is 0 Å². The standard InChI is InChI=1S/C21H23ClN2O/c22-16-11-9-15(10-12-16)20-14-18(21(25)8-2-1-5-13-23)17-6-3-4-7-19(17)24-20/h3-4,6-7,9-12,14,21,25H,1-2,5,8,13,23H2. The van der Waals surface area contributed by atoms with Crippen molar-refractivity contribution >= 4 is 22.5 Å². The normalized spacial score (nSPS) is 12.4. The maximum absolute atomic E-state index is 10.8. The van der Waals surface area contributed by atoms with Gasteiger partial charge >= 0.3 is 0 Å². The van der Waals surface area contributed by atoms with E-state index in [0.29, 0.717) is 11.6 Å². The highest BCUT2D eigenvalue weighted by Gasteiger charge is 2.14. The maximum Gasteiger partial charge on any atom is 0.0797 e. The average Bonchev–Trinajstić information content (AvgIpc) is 2.65. The van der Waals surface area contributed by atoms with Crippen LogP contribution >= 0.6 is 11.6 Å². The fraction of sp³-hybridized carbons (Fsp3) is 0.286. The summed E-state index contributed by atoms with van der Waals surface area (Å²) in [5.41, 5.74) is 9.22. The third-order valence-corrected chi connectivity index (χ3v) is 4.68. The smallest absolute Gasteiger partial charge is 0.0797 e. The van der Waals surface area contributed by atoms with Crippen LogP contribution in [0.5, 0.6) is 0 Å². The first-order valence-corrected chi connectivity index (χ1v) is 9.10. The quantitative estimate of drug-likeness (QED) is 0.580. The van der Waals surface area contributed by atoms with Gasteiger partial charge in [0.1, 0.15) is 0 Å². The van der Waals surface area contributed by atoms with E-state index in [1.807, 2.05) is 54.6 Å². The van der Waals surface area contributed by atoms with Crippen LogP contribution < -0.4 is 5.73 Å². The summed E-state index contributed by atoms with van der Waals surface area (Å²) in [5.74, 6) is 0. The molecule has 0 bridgehead atoms. The predicted molar refractivity (Wildman–Crippen MR) is 105 cm³/mol. The van der Waals surface area contributed by atoms with E-state index in [9.17, 15) is 5.11 Å². The van der Waals surface area contributed by atoms with Crippen LogP contribution in [0.3, 0.4) is 0 Å². The number of aromatic nitrogens is 1. The largest absolute Gasteiger partial charge is 0.388 e. The molecule has 2 aromatic carbocycles. The summed E-state index contributed by atoms with van der Waals surface area (Å²) in [5, 5.41) is 12.5. The minimum atomic E-state index is -0.503. The summed E-state index contributed by atoms with van der Waals surface area (Å²) in [4.78, 5) is 4.76. The van der Waals surface area contributed by atoms with Crippen molar-refractivity contribution in [3.63, 3.8) is 0 Å². The first kappa shape index (κ1) is 17.9. The van der Waals surface area contributed by atoms with Gasteiger partial charge in [0.05, 0.1) is 17.3 Å². The van der Waals surface area contributed by atoms with Crippen LogP contribution in [0.25, 0.3) is 22.2 Å². The number of para-hydroxylation sites is 1. The highest BCUT2D eigenvalue weighted by Crippen LogP contribution is 2.31. The number of benzene rings is 2. The minimum Gasteiger partial charge on any atom is -0.388 e. The van der Waals surface area contributed by atoms with Crippen LogP contribution in [0.4, 0.5) is 0 Å². The van der Waals surface area contributed by atoms with Gasteiger partial charge in [-0.3, -0.25) is 0 Å². The SMILES string of the molecule is NCCCCCC(O)c1cc(-c2ccc(Cl)cc2)nc2ccccc12. The topological polar surface area (TPSA) is 59.1 Å². The van der Waals surface area contributed by atoms with Crippen LogP contribution in [0.15, 0.2) is 54.6 Å². The van der Waals surface area contributed by atoms with E-state index in [4.69, 9.17) is 22.3 Å². The highest BCUT2D eigenvalue weighted by atomic mass is 35.5. The summed E-state index contributed by atoms with van der Waals surface area (Å²) >= 11 is 5.99. The third kappa shape index (κ3) is 4.37. The zero-order valence-electron chi connectivity index (χ0n) is 14.2. The lowest BCUT2D eigenvalue weighted by atomic mass is 9.97. The van der Waals surface area contributed by atoms with Crippen molar-refractivity contribution in [3.05, 3.63) is 65.2 Å². The summed E-state index contributed by atoms with van der Waals surface area (Å²) in [7, 11) is 0. The molecule has 1 aromatic heterocycles. The Hall–Kier alpha value is -1.94. The lowest BCUT2D eigenvalue weighted by Gasteiger charge is -2.15. The van der Waals surface area contributed by atoms with E-state index < -0.39 is 6.10 Å². The number of rotatable bonds is 7. The lowest BCUT2D eigenvalue weighted by Crippen LogP contribution is -2.02. The van der Waals surface area contributed by atoms with Crippen molar-refractivity contribution in [1.82, 2.24) is 4.98 Å². The van der Waals surface area contributed by atoms with Gasteiger partial charge in [-0.25, -0.2) is 4.98 Å². The average molecular weight is 355 g/mol. The molecule has 0 aliphatic rings. The number of unbranched alkanes of at least 4 members (excludes halogenated alkanes) is 2. The number of halogens is 1. The van der Waals surface area contributed by atoms with Gasteiger partial charge in [-0.15, -0.1) is 0 Å². The molecule has 0 spiro atoms. The molecular weight excluding hydrogens is 332 g/mol. The fourth-order valence-corrected chi connectivity index (χ4v) is 3.19. The van der Waals surface area contributed by atoms with E-state index in [-0.39, 0.29) is 0 Å². The van der Waals surface area contributed by atoms with Crippen molar-refractivity contribution in [1.29, 1.82) is 0 Å². The molecule has 3 nitrogen and oxygen atoms in total. The Bertz CT molecular complexity index is 833. The first-order valence-electron chi connectivity index (χ1n) is 8.73. The summed E-state index contributed by atoms with van der Waals surface area (Å²) in [6.45, 7) is 0.703. The number of fused-ring (bicyclic) bond motifs is 1. The molecule has 130 valence electrons. The van der Waals surface area contributed by atoms with E-state index in [2.05, 4.69) is 0 Å². The first-order chi connectivity index (χ1) is 12.2. The highest BCUT2D eigenvalue weighted by molar-refractivity contribution is 6.30. The molecule has 1 unspecified atom stereocenters. The predicted octanol–water partition coefficient (Wildman–Crippen LogP) is 5.11. The van der Waals surface area contributed by atoms with Gasteiger partial charge in [-0.2, -0.15) is 0 Å². The van der Waals surface area contributed by atoms with E-state index >= 15 is 0 Å². The number of hydrogen-bond acceptors (Lipinski definition) is 3. The molecule has 0 radical (unpaired) electrons. The zero-order chi connectivity index (χ0) is 17.6. The van der Waals surface area contributed by atoms with E-state index in [1.54, 1.807) is 0 Å². The third-order valence-electron chi connectivity index (χ3n) is 4.43. The van der Waals surface area contributed by atoms with Gasteiger partial charge < -0.3 is 10.8 Å². The Morgan fingerprint density at radius 3 is 2.52 bits per heavy atom. The molecule has 4 heteroatoms. The Morgan fingerprint density at radius 1 is 1.00 bits per heavy atom. The van der Waals surface area contributed by atoms with Crippen LogP contribution in [-0.2, 0) is 0 Å².